The van der Waals surface area contributed by atoms with Crippen LogP contribution in [0.3, 0.4) is 0 Å². The summed E-state index contributed by atoms with van der Waals surface area (Å²) in [6.45, 7) is 18.5. The summed E-state index contributed by atoms with van der Waals surface area (Å²) >= 11 is 0. The molecule has 23 heavy (non-hydrogen) atoms. The van der Waals surface area contributed by atoms with E-state index >= 15 is 0 Å². The Hall–Kier alpha value is -1.15. The zero-order valence-electron chi connectivity index (χ0n) is 16.3. The number of carbonyl (C=O) groups is 1. The molecule has 0 amide bonds. The van der Waals surface area contributed by atoms with E-state index in [0.29, 0.717) is 5.56 Å². The number of hydrogen-bond acceptors (Lipinski definition) is 2. The van der Waals surface area contributed by atoms with E-state index in [1.807, 2.05) is 39.0 Å². The van der Waals surface area contributed by atoms with Gasteiger partial charge in [0.15, 0.2) is 5.78 Å². The Kier molecular flexibility index (Phi) is 5.23. The van der Waals surface area contributed by atoms with Gasteiger partial charge in [0, 0.05) is 11.5 Å². The van der Waals surface area contributed by atoms with E-state index in [4.69, 9.17) is 0 Å². The first-order chi connectivity index (χ1) is 10.1. The van der Waals surface area contributed by atoms with Crippen LogP contribution in [0, 0.1) is 22.2 Å². The maximum atomic E-state index is 13.4. The standard InChI is InChI=1S/C21H34O2/c1-18(2,3)17(19(4,5)6)21(23,20(7,8)9)16(22)15-13-11-10-12-14-15/h10-14,17,23H,1-9H3. The molecule has 0 aliphatic carbocycles. The molecule has 1 aromatic rings. The molecule has 0 spiro atoms. The number of aliphatic hydroxyl groups is 1. The van der Waals surface area contributed by atoms with Gasteiger partial charge in [-0.25, -0.2) is 0 Å². The fraction of sp³-hybridized carbons (Fsp3) is 0.667. The average Bonchev–Trinajstić information content (AvgIpc) is 2.33. The van der Waals surface area contributed by atoms with Gasteiger partial charge >= 0.3 is 0 Å². The molecule has 1 N–H and O–H groups in total. The topological polar surface area (TPSA) is 37.3 Å². The lowest BCUT2D eigenvalue weighted by molar-refractivity contribution is -0.138. The average molecular weight is 319 g/mol. The van der Waals surface area contributed by atoms with Crippen molar-refractivity contribution in [3.8, 4) is 0 Å². The van der Waals surface area contributed by atoms with Crippen LogP contribution in [0.4, 0.5) is 0 Å². The molecular weight excluding hydrogens is 284 g/mol. The second kappa shape index (κ2) is 6.05. The van der Waals surface area contributed by atoms with Crippen LogP contribution in [0.5, 0.6) is 0 Å². The van der Waals surface area contributed by atoms with Crippen molar-refractivity contribution < 1.29 is 9.90 Å². The monoisotopic (exact) mass is 318 g/mol. The van der Waals surface area contributed by atoms with Crippen LogP contribution in [0.1, 0.15) is 72.7 Å². The molecular formula is C21H34O2. The van der Waals surface area contributed by atoms with Gasteiger partial charge in [0.2, 0.25) is 0 Å². The molecule has 0 aromatic heterocycles. The van der Waals surface area contributed by atoms with Gasteiger partial charge in [0.25, 0.3) is 0 Å². The van der Waals surface area contributed by atoms with Crippen LogP contribution in [0.15, 0.2) is 30.3 Å². The molecule has 0 saturated heterocycles. The lowest BCUT2D eigenvalue weighted by Gasteiger charge is -2.55. The molecule has 0 radical (unpaired) electrons. The molecule has 130 valence electrons. The van der Waals surface area contributed by atoms with Crippen LogP contribution in [0.2, 0.25) is 0 Å². The SMILES string of the molecule is CC(C)(C)C(C(C)(C)C)C(O)(C(=O)c1ccccc1)C(C)(C)C. The minimum Gasteiger partial charge on any atom is -0.381 e. The normalized spacial score (nSPS) is 16.3. The van der Waals surface area contributed by atoms with Crippen molar-refractivity contribution in [1.29, 1.82) is 0 Å². The highest BCUT2D eigenvalue weighted by Gasteiger charge is 2.59. The fourth-order valence-corrected chi connectivity index (χ4v) is 4.27. The number of ketones is 1. The summed E-state index contributed by atoms with van der Waals surface area (Å²) in [7, 11) is 0. The van der Waals surface area contributed by atoms with Crippen molar-refractivity contribution in [2.45, 2.75) is 67.9 Å². The van der Waals surface area contributed by atoms with Crippen molar-refractivity contribution in [3.05, 3.63) is 35.9 Å². The Bertz CT molecular complexity index is 524. The quantitative estimate of drug-likeness (QED) is 0.762. The summed E-state index contributed by atoms with van der Waals surface area (Å²) in [4.78, 5) is 13.4. The third-order valence-corrected chi connectivity index (χ3v) is 4.68. The Morgan fingerprint density at radius 3 is 1.52 bits per heavy atom. The van der Waals surface area contributed by atoms with E-state index in [0.717, 1.165) is 0 Å². The highest BCUT2D eigenvalue weighted by molar-refractivity contribution is 6.03. The maximum Gasteiger partial charge on any atom is 0.195 e. The number of benzene rings is 1. The highest BCUT2D eigenvalue weighted by Crippen LogP contribution is 2.53. The number of Topliss-reactive ketones (excluding diaryl/α,β-unsaturated/α-hetero) is 1. The first-order valence-electron chi connectivity index (χ1n) is 8.45. The van der Waals surface area contributed by atoms with Crippen molar-refractivity contribution in [3.63, 3.8) is 0 Å². The first kappa shape index (κ1) is 19.9. The molecule has 0 heterocycles. The second-order valence-electron chi connectivity index (χ2n) is 9.88. The molecule has 2 heteroatoms. The summed E-state index contributed by atoms with van der Waals surface area (Å²) in [5, 5.41) is 11.9. The van der Waals surface area contributed by atoms with Crippen molar-refractivity contribution >= 4 is 5.78 Å². The van der Waals surface area contributed by atoms with Crippen molar-refractivity contribution in [2.75, 3.05) is 0 Å². The maximum absolute atomic E-state index is 13.4. The van der Waals surface area contributed by atoms with Gasteiger partial charge in [0.1, 0.15) is 5.60 Å². The Morgan fingerprint density at radius 1 is 0.826 bits per heavy atom. The summed E-state index contributed by atoms with van der Waals surface area (Å²) in [6, 6.07) is 9.17. The fourth-order valence-electron chi connectivity index (χ4n) is 4.27. The summed E-state index contributed by atoms with van der Waals surface area (Å²) in [5.41, 5.74) is -1.89. The van der Waals surface area contributed by atoms with E-state index < -0.39 is 11.0 Å². The molecule has 0 aliphatic heterocycles. The molecule has 1 aromatic carbocycles. The minimum absolute atomic E-state index is 0.180. The summed E-state index contributed by atoms with van der Waals surface area (Å²) in [6.07, 6.45) is 0. The number of carbonyl (C=O) groups excluding carboxylic acids is 1. The summed E-state index contributed by atoms with van der Waals surface area (Å²) < 4.78 is 0. The molecule has 0 aliphatic rings. The summed E-state index contributed by atoms with van der Waals surface area (Å²) in [5.74, 6) is -0.379. The third kappa shape index (κ3) is 3.85. The Labute approximate surface area is 142 Å². The van der Waals surface area contributed by atoms with Crippen LogP contribution < -0.4 is 0 Å². The molecule has 1 rings (SSSR count). The van der Waals surface area contributed by atoms with Crippen LogP contribution in [0.25, 0.3) is 0 Å². The largest absolute Gasteiger partial charge is 0.381 e. The predicted molar refractivity (Wildman–Crippen MR) is 97.6 cm³/mol. The van der Waals surface area contributed by atoms with E-state index in [1.165, 1.54) is 0 Å². The predicted octanol–water partition coefficient (Wildman–Crippen LogP) is 5.35. The second-order valence-corrected chi connectivity index (χ2v) is 9.88. The van der Waals surface area contributed by atoms with Gasteiger partial charge < -0.3 is 5.11 Å². The first-order valence-corrected chi connectivity index (χ1v) is 8.45. The van der Waals surface area contributed by atoms with E-state index in [1.54, 1.807) is 12.1 Å². The van der Waals surface area contributed by atoms with Gasteiger partial charge in [-0.3, -0.25) is 4.79 Å². The van der Waals surface area contributed by atoms with Crippen molar-refractivity contribution in [2.24, 2.45) is 22.2 Å². The van der Waals surface area contributed by atoms with E-state index in [-0.39, 0.29) is 22.5 Å². The van der Waals surface area contributed by atoms with Gasteiger partial charge in [-0.1, -0.05) is 92.6 Å². The van der Waals surface area contributed by atoms with Crippen LogP contribution in [-0.2, 0) is 0 Å². The van der Waals surface area contributed by atoms with Crippen molar-refractivity contribution in [1.82, 2.24) is 0 Å². The molecule has 1 atom stereocenters. The molecule has 0 bridgehead atoms. The smallest absolute Gasteiger partial charge is 0.195 e. The minimum atomic E-state index is -1.45. The lowest BCUT2D eigenvalue weighted by Crippen LogP contribution is -2.62. The van der Waals surface area contributed by atoms with Gasteiger partial charge in [0.05, 0.1) is 0 Å². The lowest BCUT2D eigenvalue weighted by atomic mass is 9.51. The zero-order valence-corrected chi connectivity index (χ0v) is 16.3. The molecule has 0 saturated carbocycles. The highest BCUT2D eigenvalue weighted by atomic mass is 16.3. The zero-order chi connectivity index (χ0) is 18.3. The third-order valence-electron chi connectivity index (χ3n) is 4.68. The Balaban J connectivity index is 3.64. The molecule has 0 fully saturated rings. The van der Waals surface area contributed by atoms with Gasteiger partial charge in [-0.2, -0.15) is 0 Å². The molecule has 2 nitrogen and oxygen atoms in total. The Morgan fingerprint density at radius 2 is 1.22 bits per heavy atom. The van der Waals surface area contributed by atoms with E-state index in [9.17, 15) is 9.90 Å². The van der Waals surface area contributed by atoms with Crippen LogP contribution in [-0.4, -0.2) is 16.5 Å². The molecule has 1 unspecified atom stereocenters. The number of rotatable bonds is 3. The van der Waals surface area contributed by atoms with Crippen LogP contribution >= 0.6 is 0 Å². The van der Waals surface area contributed by atoms with Gasteiger partial charge in [-0.15, -0.1) is 0 Å². The van der Waals surface area contributed by atoms with E-state index in [2.05, 4.69) is 41.5 Å². The van der Waals surface area contributed by atoms with Gasteiger partial charge in [-0.05, 0) is 16.2 Å². The number of hydrogen-bond donors (Lipinski definition) is 1.